The van der Waals surface area contributed by atoms with Crippen molar-refractivity contribution in [1.82, 2.24) is 4.57 Å². The number of aromatic nitrogens is 1. The van der Waals surface area contributed by atoms with Gasteiger partial charge in [0.15, 0.2) is 0 Å². The quantitative estimate of drug-likeness (QED) is 0.707. The molecule has 66 valence electrons. The Hall–Kier alpha value is -0.740. The fraction of sp³-hybridized carbons (Fsp3) is 0.375. The summed E-state index contributed by atoms with van der Waals surface area (Å²) >= 11 is 1.09. The number of nitrogens with zero attached hydrogens (tertiary/aromatic N) is 1. The first-order valence-electron chi connectivity index (χ1n) is 3.74. The molecule has 0 aliphatic heterocycles. The van der Waals surface area contributed by atoms with Crippen molar-refractivity contribution in [3.05, 3.63) is 28.7 Å². The van der Waals surface area contributed by atoms with Gasteiger partial charge < -0.3 is 4.57 Å². The molecule has 1 aromatic heterocycles. The predicted molar refractivity (Wildman–Crippen MR) is 51.1 cm³/mol. The third kappa shape index (κ3) is 1.89. The third-order valence-corrected chi connectivity index (χ3v) is 2.14. The highest BCUT2D eigenvalue weighted by atomic mass is 32.2. The Morgan fingerprint density at radius 1 is 1.58 bits per heavy atom. The zero-order valence-electron chi connectivity index (χ0n) is 7.15. The van der Waals surface area contributed by atoms with Crippen molar-refractivity contribution in [2.75, 3.05) is 0 Å². The molecule has 3 nitrogen and oxygen atoms in total. The van der Waals surface area contributed by atoms with Crippen molar-refractivity contribution in [2.45, 2.75) is 24.8 Å². The lowest BCUT2D eigenvalue weighted by Crippen LogP contribution is -2.20. The van der Waals surface area contributed by atoms with Crippen LogP contribution in [0.1, 0.15) is 19.9 Å². The highest BCUT2D eigenvalue weighted by Gasteiger charge is 2.00. The number of hydrogen-bond donors (Lipinski definition) is 1. The average molecular weight is 184 g/mol. The summed E-state index contributed by atoms with van der Waals surface area (Å²) in [6.45, 7) is 3.94. The van der Waals surface area contributed by atoms with Gasteiger partial charge in [0.05, 0.1) is 0 Å². The van der Waals surface area contributed by atoms with E-state index in [4.69, 9.17) is 5.14 Å². The van der Waals surface area contributed by atoms with Crippen molar-refractivity contribution < 1.29 is 0 Å². The Morgan fingerprint density at radius 3 is 2.67 bits per heavy atom. The monoisotopic (exact) mass is 184 g/mol. The van der Waals surface area contributed by atoms with Crippen molar-refractivity contribution in [3.63, 3.8) is 0 Å². The number of pyridine rings is 1. The maximum absolute atomic E-state index is 11.3. The fourth-order valence-corrected chi connectivity index (χ4v) is 1.28. The number of rotatable bonds is 2. The zero-order chi connectivity index (χ0) is 9.14. The van der Waals surface area contributed by atoms with E-state index in [0.717, 1.165) is 16.8 Å². The molecule has 0 saturated heterocycles. The van der Waals surface area contributed by atoms with Gasteiger partial charge in [-0.2, -0.15) is 0 Å². The van der Waals surface area contributed by atoms with Crippen LogP contribution in [0.15, 0.2) is 28.0 Å². The molecule has 0 bridgehead atoms. The van der Waals surface area contributed by atoms with Gasteiger partial charge in [-0.1, -0.05) is 0 Å². The molecule has 0 aromatic carbocycles. The van der Waals surface area contributed by atoms with Crippen LogP contribution in [-0.4, -0.2) is 4.57 Å². The van der Waals surface area contributed by atoms with Gasteiger partial charge in [0, 0.05) is 23.2 Å². The molecule has 4 heteroatoms. The van der Waals surface area contributed by atoms with Crippen molar-refractivity contribution in [1.29, 1.82) is 0 Å². The molecule has 0 aliphatic carbocycles. The zero-order valence-corrected chi connectivity index (χ0v) is 7.97. The highest BCUT2D eigenvalue weighted by Crippen LogP contribution is 2.08. The molecule has 2 N–H and O–H groups in total. The van der Waals surface area contributed by atoms with Gasteiger partial charge in [-0.05, 0) is 31.9 Å². The molecular weight excluding hydrogens is 172 g/mol. The van der Waals surface area contributed by atoms with E-state index in [-0.39, 0.29) is 11.6 Å². The minimum absolute atomic E-state index is 0.000417. The van der Waals surface area contributed by atoms with Gasteiger partial charge >= 0.3 is 0 Å². The molecule has 0 unspecified atom stereocenters. The minimum atomic E-state index is 0.000417. The van der Waals surface area contributed by atoms with Crippen LogP contribution in [0.3, 0.4) is 0 Å². The van der Waals surface area contributed by atoms with Crippen molar-refractivity contribution in [3.8, 4) is 0 Å². The fourth-order valence-electron chi connectivity index (χ4n) is 0.971. The normalized spacial score (nSPS) is 10.7. The van der Waals surface area contributed by atoms with Crippen LogP contribution in [0, 0.1) is 0 Å². The van der Waals surface area contributed by atoms with E-state index >= 15 is 0 Å². The Kier molecular flexibility index (Phi) is 2.94. The lowest BCUT2D eigenvalue weighted by atomic mass is 10.3. The molecule has 1 heterocycles. The van der Waals surface area contributed by atoms with Gasteiger partial charge in [0.2, 0.25) is 0 Å². The van der Waals surface area contributed by atoms with E-state index < -0.39 is 0 Å². The summed E-state index contributed by atoms with van der Waals surface area (Å²) in [4.78, 5) is 12.1. The molecule has 0 atom stereocenters. The van der Waals surface area contributed by atoms with Crippen molar-refractivity contribution >= 4 is 11.9 Å². The van der Waals surface area contributed by atoms with E-state index in [1.165, 1.54) is 0 Å². The Balaban J connectivity index is 3.12. The average Bonchev–Trinajstić information content (AvgIpc) is 2.03. The first kappa shape index (κ1) is 9.35. The lowest BCUT2D eigenvalue weighted by Gasteiger charge is -2.08. The van der Waals surface area contributed by atoms with E-state index in [1.807, 2.05) is 19.9 Å². The summed E-state index contributed by atoms with van der Waals surface area (Å²) in [7, 11) is 0. The summed E-state index contributed by atoms with van der Waals surface area (Å²) in [5.74, 6) is 0. The van der Waals surface area contributed by atoms with Gasteiger partial charge in [-0.25, -0.2) is 0 Å². The Labute approximate surface area is 75.7 Å². The van der Waals surface area contributed by atoms with E-state index in [9.17, 15) is 4.79 Å². The largest absolute Gasteiger partial charge is 0.313 e. The molecule has 0 aliphatic rings. The van der Waals surface area contributed by atoms with Gasteiger partial charge in [0.1, 0.15) is 0 Å². The van der Waals surface area contributed by atoms with Crippen molar-refractivity contribution in [2.24, 2.45) is 5.14 Å². The molecular formula is C8H12N2OS. The van der Waals surface area contributed by atoms with Crippen LogP contribution in [0.25, 0.3) is 0 Å². The van der Waals surface area contributed by atoms with Crippen LogP contribution in [0.2, 0.25) is 0 Å². The molecule has 0 amide bonds. The van der Waals surface area contributed by atoms with Crippen LogP contribution < -0.4 is 10.7 Å². The second kappa shape index (κ2) is 3.78. The van der Waals surface area contributed by atoms with Gasteiger partial charge in [-0.15, -0.1) is 0 Å². The molecule has 0 radical (unpaired) electrons. The molecule has 0 spiro atoms. The molecule has 1 aromatic rings. The summed E-state index contributed by atoms with van der Waals surface area (Å²) in [6, 6.07) is 3.59. The first-order chi connectivity index (χ1) is 5.65. The second-order valence-electron chi connectivity index (χ2n) is 2.82. The number of nitrogens with two attached hydrogens (primary N) is 1. The van der Waals surface area contributed by atoms with E-state index in [1.54, 1.807) is 16.8 Å². The maximum atomic E-state index is 11.3. The maximum Gasteiger partial charge on any atom is 0.251 e. The summed E-state index contributed by atoms with van der Waals surface area (Å²) in [5.41, 5.74) is 0.000417. The predicted octanol–water partition coefficient (Wildman–Crippen LogP) is 1.39. The molecule has 12 heavy (non-hydrogen) atoms. The number of hydrogen-bond acceptors (Lipinski definition) is 3. The van der Waals surface area contributed by atoms with E-state index in [0.29, 0.717) is 0 Å². The van der Waals surface area contributed by atoms with Gasteiger partial charge in [-0.3, -0.25) is 9.93 Å². The Bertz CT molecular complexity index is 319. The summed E-state index contributed by atoms with van der Waals surface area (Å²) < 4.78 is 1.67. The standard InChI is InChI=1S/C8H12N2OS/c1-6(2)10-4-3-7(12-9)5-8(10)11/h3-6H,9H2,1-2H3. The highest BCUT2D eigenvalue weighted by molar-refractivity contribution is 7.97. The smallest absolute Gasteiger partial charge is 0.251 e. The SMILES string of the molecule is CC(C)n1ccc(SN)cc1=O. The Morgan fingerprint density at radius 2 is 2.25 bits per heavy atom. The molecule has 1 rings (SSSR count). The van der Waals surface area contributed by atoms with Crippen LogP contribution in [0.4, 0.5) is 0 Å². The summed E-state index contributed by atoms with van der Waals surface area (Å²) in [6.07, 6.45) is 1.77. The van der Waals surface area contributed by atoms with Gasteiger partial charge in [0.25, 0.3) is 5.56 Å². The molecule has 0 saturated carbocycles. The topological polar surface area (TPSA) is 48.0 Å². The first-order valence-corrected chi connectivity index (χ1v) is 4.62. The van der Waals surface area contributed by atoms with Crippen LogP contribution in [0.5, 0.6) is 0 Å². The van der Waals surface area contributed by atoms with Crippen LogP contribution >= 0.6 is 11.9 Å². The third-order valence-electron chi connectivity index (χ3n) is 1.61. The minimum Gasteiger partial charge on any atom is -0.313 e. The molecule has 0 fully saturated rings. The van der Waals surface area contributed by atoms with E-state index in [2.05, 4.69) is 0 Å². The second-order valence-corrected chi connectivity index (χ2v) is 3.53. The summed E-state index contributed by atoms with van der Waals surface area (Å²) in [5, 5.41) is 5.31. The lowest BCUT2D eigenvalue weighted by molar-refractivity contribution is 0.576. The van der Waals surface area contributed by atoms with Crippen LogP contribution in [-0.2, 0) is 0 Å².